The maximum Gasteiger partial charge on any atom is 0.226 e. The molecular weight excluding hydrogens is 318 g/mol. The predicted molar refractivity (Wildman–Crippen MR) is 94.9 cm³/mol. The van der Waals surface area contributed by atoms with Crippen LogP contribution in [-0.4, -0.2) is 43.5 Å². The number of ether oxygens (including phenoxy) is 1. The second kappa shape index (κ2) is 7.44. The summed E-state index contributed by atoms with van der Waals surface area (Å²) >= 11 is 0. The van der Waals surface area contributed by atoms with E-state index in [1.54, 1.807) is 19.1 Å². The van der Waals surface area contributed by atoms with Crippen molar-refractivity contribution in [1.29, 1.82) is 0 Å². The smallest absolute Gasteiger partial charge is 0.226 e. The van der Waals surface area contributed by atoms with Crippen LogP contribution < -0.4 is 15.8 Å². The molecule has 1 aromatic carbocycles. The number of rotatable bonds is 5. The minimum absolute atomic E-state index is 0.00256. The fourth-order valence-corrected chi connectivity index (χ4v) is 4.16. The van der Waals surface area contributed by atoms with Gasteiger partial charge in [0.25, 0.3) is 0 Å². The number of likely N-dealkylation sites (tertiary alicyclic amines) is 1. The summed E-state index contributed by atoms with van der Waals surface area (Å²) in [5, 5.41) is 3.16. The van der Waals surface area contributed by atoms with E-state index in [0.29, 0.717) is 12.5 Å². The summed E-state index contributed by atoms with van der Waals surface area (Å²) in [5.41, 5.74) is 6.77. The third-order valence-electron chi connectivity index (χ3n) is 5.67. The largest absolute Gasteiger partial charge is 0.497 e. The number of nitrogens with zero attached hydrogens (tertiary/aromatic N) is 1. The van der Waals surface area contributed by atoms with E-state index in [9.17, 15) is 9.59 Å². The topological polar surface area (TPSA) is 84.7 Å². The molecule has 0 radical (unpaired) electrons. The molecule has 4 atom stereocenters. The van der Waals surface area contributed by atoms with Gasteiger partial charge in [0, 0.05) is 19.5 Å². The Kier molecular flexibility index (Phi) is 5.27. The lowest BCUT2D eigenvalue weighted by Gasteiger charge is -2.27. The molecule has 1 saturated carbocycles. The molecule has 1 saturated heterocycles. The number of nitrogens with two attached hydrogens (primary N) is 1. The second-order valence-electron chi connectivity index (χ2n) is 7.08. The number of amides is 2. The number of nitrogens with one attached hydrogen (secondary N) is 1. The van der Waals surface area contributed by atoms with Crippen LogP contribution in [0.1, 0.15) is 37.3 Å². The lowest BCUT2D eigenvalue weighted by atomic mass is 9.92. The predicted octanol–water partition coefficient (Wildman–Crippen LogP) is 1.46. The Balaban J connectivity index is 1.77. The number of carbonyl (C=O) groups is 2. The molecule has 6 nitrogen and oxygen atoms in total. The van der Waals surface area contributed by atoms with Crippen molar-refractivity contribution < 1.29 is 14.3 Å². The fourth-order valence-electron chi connectivity index (χ4n) is 4.16. The van der Waals surface area contributed by atoms with Crippen LogP contribution in [0.2, 0.25) is 0 Å². The molecule has 136 valence electrons. The van der Waals surface area contributed by atoms with Gasteiger partial charge in [0.2, 0.25) is 11.8 Å². The van der Waals surface area contributed by atoms with Crippen molar-refractivity contribution in [3.8, 4) is 5.75 Å². The first-order chi connectivity index (χ1) is 12.0. The fraction of sp³-hybridized carbons (Fsp3) is 0.579. The van der Waals surface area contributed by atoms with E-state index in [1.165, 1.54) is 0 Å². The molecule has 0 unspecified atom stereocenters. The van der Waals surface area contributed by atoms with Crippen LogP contribution in [0, 0.1) is 11.8 Å². The zero-order chi connectivity index (χ0) is 18.0. The molecular formula is C19H27N3O3. The summed E-state index contributed by atoms with van der Waals surface area (Å²) < 4.78 is 5.20. The second-order valence-corrected chi connectivity index (χ2v) is 7.08. The van der Waals surface area contributed by atoms with E-state index >= 15 is 0 Å². The molecule has 1 aliphatic carbocycles. The van der Waals surface area contributed by atoms with Gasteiger partial charge in [0.05, 0.1) is 19.1 Å². The zero-order valence-corrected chi connectivity index (χ0v) is 14.9. The highest BCUT2D eigenvalue weighted by Gasteiger charge is 2.43. The first-order valence-electron chi connectivity index (χ1n) is 8.95. The SMILES string of the molecule is COc1ccc([C@@H]2[C@H](C(=O)N[C@@H]3CCC[C@H]3CN)CC(=O)N2C)cc1. The number of carbonyl (C=O) groups excluding carboxylic acids is 2. The van der Waals surface area contributed by atoms with Crippen molar-refractivity contribution >= 4 is 11.8 Å². The van der Waals surface area contributed by atoms with Gasteiger partial charge >= 0.3 is 0 Å². The highest BCUT2D eigenvalue weighted by atomic mass is 16.5. The van der Waals surface area contributed by atoms with Crippen molar-refractivity contribution in [2.75, 3.05) is 20.7 Å². The van der Waals surface area contributed by atoms with Crippen LogP contribution >= 0.6 is 0 Å². The maximum absolute atomic E-state index is 12.9. The highest BCUT2D eigenvalue weighted by molar-refractivity contribution is 5.90. The Hall–Kier alpha value is -2.08. The molecule has 3 N–H and O–H groups in total. The molecule has 1 aromatic rings. The third-order valence-corrected chi connectivity index (χ3v) is 5.67. The van der Waals surface area contributed by atoms with Gasteiger partial charge in [-0.05, 0) is 43.0 Å². The highest BCUT2D eigenvalue weighted by Crippen LogP contribution is 2.38. The van der Waals surface area contributed by atoms with E-state index in [4.69, 9.17) is 10.5 Å². The summed E-state index contributed by atoms with van der Waals surface area (Å²) in [6, 6.07) is 7.48. The summed E-state index contributed by atoms with van der Waals surface area (Å²) in [5.74, 6) is 0.697. The number of hydrogen-bond donors (Lipinski definition) is 2. The normalized spacial score (nSPS) is 29.1. The van der Waals surface area contributed by atoms with Crippen LogP contribution in [0.3, 0.4) is 0 Å². The van der Waals surface area contributed by atoms with Gasteiger partial charge < -0.3 is 20.7 Å². The van der Waals surface area contributed by atoms with Crippen molar-refractivity contribution in [3.63, 3.8) is 0 Å². The van der Waals surface area contributed by atoms with E-state index in [2.05, 4.69) is 5.32 Å². The molecule has 2 aliphatic rings. The minimum Gasteiger partial charge on any atom is -0.497 e. The quantitative estimate of drug-likeness (QED) is 0.846. The summed E-state index contributed by atoms with van der Waals surface area (Å²) in [6.45, 7) is 0.594. The number of benzene rings is 1. The van der Waals surface area contributed by atoms with Gasteiger partial charge in [-0.3, -0.25) is 9.59 Å². The van der Waals surface area contributed by atoms with Gasteiger partial charge in [0.15, 0.2) is 0 Å². The van der Waals surface area contributed by atoms with Crippen LogP contribution in [0.5, 0.6) is 5.75 Å². The van der Waals surface area contributed by atoms with Crippen molar-refractivity contribution in [2.24, 2.45) is 17.6 Å². The molecule has 25 heavy (non-hydrogen) atoms. The maximum atomic E-state index is 12.9. The van der Waals surface area contributed by atoms with Crippen molar-refractivity contribution in [1.82, 2.24) is 10.2 Å². The van der Waals surface area contributed by atoms with Crippen molar-refractivity contribution in [3.05, 3.63) is 29.8 Å². The Morgan fingerprint density at radius 2 is 2.04 bits per heavy atom. The summed E-state index contributed by atoms with van der Waals surface area (Å²) in [4.78, 5) is 26.8. The Labute approximate surface area is 148 Å². The van der Waals surface area contributed by atoms with Crippen LogP contribution in [0.4, 0.5) is 0 Å². The average Bonchev–Trinajstić information content (AvgIpc) is 3.19. The molecule has 1 aliphatic heterocycles. The van der Waals surface area contributed by atoms with E-state index < -0.39 is 0 Å². The van der Waals surface area contributed by atoms with Crippen LogP contribution in [-0.2, 0) is 9.59 Å². The summed E-state index contributed by atoms with van der Waals surface area (Å²) in [6.07, 6.45) is 3.38. The van der Waals surface area contributed by atoms with Gasteiger partial charge in [-0.1, -0.05) is 18.6 Å². The van der Waals surface area contributed by atoms with Gasteiger partial charge in [-0.15, -0.1) is 0 Å². The summed E-state index contributed by atoms with van der Waals surface area (Å²) in [7, 11) is 3.38. The molecule has 0 aromatic heterocycles. The van der Waals surface area contributed by atoms with E-state index in [0.717, 1.165) is 30.6 Å². The third kappa shape index (κ3) is 3.49. The first kappa shape index (κ1) is 17.7. The van der Waals surface area contributed by atoms with Gasteiger partial charge in [-0.25, -0.2) is 0 Å². The number of methoxy groups -OCH3 is 1. The standard InChI is InChI=1S/C19H27N3O3/c1-22-17(23)10-15(18(22)12-6-8-14(25-2)9-7-12)19(24)21-16-5-3-4-13(16)11-20/h6-9,13,15-16,18H,3-5,10-11,20H2,1-2H3,(H,21,24)/t13-,15+,16+,18+/m0/s1. The molecule has 3 rings (SSSR count). The minimum atomic E-state index is -0.370. The lowest BCUT2D eigenvalue weighted by Crippen LogP contribution is -2.43. The van der Waals surface area contributed by atoms with Gasteiger partial charge in [0.1, 0.15) is 5.75 Å². The molecule has 0 spiro atoms. The van der Waals surface area contributed by atoms with E-state index in [1.807, 2.05) is 24.3 Å². The Bertz CT molecular complexity index is 631. The molecule has 1 heterocycles. The molecule has 6 heteroatoms. The Morgan fingerprint density at radius 1 is 1.32 bits per heavy atom. The average molecular weight is 345 g/mol. The molecule has 2 amide bonds. The van der Waals surface area contributed by atoms with Gasteiger partial charge in [-0.2, -0.15) is 0 Å². The Morgan fingerprint density at radius 3 is 2.68 bits per heavy atom. The number of hydrogen-bond acceptors (Lipinski definition) is 4. The van der Waals surface area contributed by atoms with Crippen LogP contribution in [0.25, 0.3) is 0 Å². The van der Waals surface area contributed by atoms with E-state index in [-0.39, 0.29) is 36.2 Å². The lowest BCUT2D eigenvalue weighted by molar-refractivity contribution is -0.128. The molecule has 0 bridgehead atoms. The monoisotopic (exact) mass is 345 g/mol. The van der Waals surface area contributed by atoms with Crippen molar-refractivity contribution in [2.45, 2.75) is 37.8 Å². The zero-order valence-electron chi connectivity index (χ0n) is 14.9. The first-order valence-corrected chi connectivity index (χ1v) is 8.95. The van der Waals surface area contributed by atoms with Crippen LogP contribution in [0.15, 0.2) is 24.3 Å². The molecule has 2 fully saturated rings.